The molecule has 0 radical (unpaired) electrons. The maximum absolute atomic E-state index is 2.38. The normalized spacial score (nSPS) is 13.1. The summed E-state index contributed by atoms with van der Waals surface area (Å²) in [5.74, 6) is 0. The summed E-state index contributed by atoms with van der Waals surface area (Å²) in [7, 11) is 0. The predicted octanol–water partition coefficient (Wildman–Crippen LogP) is 3.60. The standard InChI is InChI=1S/C13H16.Hf/c1-3-10-8-12-7-5-6-11(4-2)13(12)9-10;/h5-7,9H,3-4,8H2,1-2H3;. The molecule has 1 aromatic rings. The van der Waals surface area contributed by atoms with Crippen LogP contribution in [0.2, 0.25) is 0 Å². The first-order chi connectivity index (χ1) is 6.35. The van der Waals surface area contributed by atoms with Gasteiger partial charge in [0.15, 0.2) is 0 Å². The average molecular weight is 351 g/mol. The zero-order chi connectivity index (χ0) is 9.26. The first-order valence-corrected chi connectivity index (χ1v) is 5.15. The van der Waals surface area contributed by atoms with Gasteiger partial charge in [0.25, 0.3) is 0 Å². The Kier molecular flexibility index (Phi) is 4.31. The van der Waals surface area contributed by atoms with Crippen LogP contribution in [0.3, 0.4) is 0 Å². The van der Waals surface area contributed by atoms with E-state index in [1.54, 1.807) is 5.57 Å². The summed E-state index contributed by atoms with van der Waals surface area (Å²) in [6.07, 6.45) is 5.91. The smallest absolute Gasteiger partial charge is 0 e. The zero-order valence-electron chi connectivity index (χ0n) is 8.93. The van der Waals surface area contributed by atoms with Crippen molar-refractivity contribution in [3.8, 4) is 0 Å². The molecule has 0 nitrogen and oxygen atoms in total. The van der Waals surface area contributed by atoms with E-state index >= 15 is 0 Å². The quantitative estimate of drug-likeness (QED) is 0.715. The van der Waals surface area contributed by atoms with E-state index < -0.39 is 0 Å². The van der Waals surface area contributed by atoms with E-state index in [9.17, 15) is 0 Å². The maximum Gasteiger partial charge on any atom is 0 e. The van der Waals surface area contributed by atoms with E-state index in [-0.39, 0.29) is 25.8 Å². The summed E-state index contributed by atoms with van der Waals surface area (Å²) < 4.78 is 0. The Hall–Kier alpha value is -0.170. The molecule has 2 rings (SSSR count). The molecule has 14 heavy (non-hydrogen) atoms. The van der Waals surface area contributed by atoms with Crippen LogP contribution in [-0.2, 0) is 38.7 Å². The number of allylic oxidation sites excluding steroid dienone is 1. The van der Waals surface area contributed by atoms with E-state index in [1.165, 1.54) is 29.5 Å². The molecule has 0 aromatic heterocycles. The number of fused-ring (bicyclic) bond motifs is 1. The molecule has 0 amide bonds. The van der Waals surface area contributed by atoms with Gasteiger partial charge in [-0.25, -0.2) is 0 Å². The minimum Gasteiger partial charge on any atom is -0.0655 e. The van der Waals surface area contributed by atoms with Crippen LogP contribution < -0.4 is 0 Å². The van der Waals surface area contributed by atoms with Crippen molar-refractivity contribution in [3.63, 3.8) is 0 Å². The first-order valence-electron chi connectivity index (χ1n) is 5.15. The fourth-order valence-corrected chi connectivity index (χ4v) is 2.04. The van der Waals surface area contributed by atoms with Crippen molar-refractivity contribution < 1.29 is 25.8 Å². The van der Waals surface area contributed by atoms with Gasteiger partial charge in [0.2, 0.25) is 0 Å². The predicted molar refractivity (Wildman–Crippen MR) is 57.8 cm³/mol. The Labute approximate surface area is 105 Å². The summed E-state index contributed by atoms with van der Waals surface area (Å²) in [4.78, 5) is 0. The second-order valence-electron chi connectivity index (χ2n) is 3.68. The topological polar surface area (TPSA) is 0 Å². The average Bonchev–Trinajstić information content (AvgIpc) is 2.59. The number of rotatable bonds is 2. The van der Waals surface area contributed by atoms with Gasteiger partial charge in [0.1, 0.15) is 0 Å². The van der Waals surface area contributed by atoms with Gasteiger partial charge in [0, 0.05) is 25.8 Å². The van der Waals surface area contributed by atoms with Gasteiger partial charge in [-0.2, -0.15) is 0 Å². The molecule has 1 aromatic carbocycles. The van der Waals surface area contributed by atoms with Crippen molar-refractivity contribution in [1.29, 1.82) is 0 Å². The van der Waals surface area contributed by atoms with Gasteiger partial charge >= 0.3 is 0 Å². The number of benzene rings is 1. The number of hydrogen-bond acceptors (Lipinski definition) is 0. The monoisotopic (exact) mass is 352 g/mol. The Morgan fingerprint density at radius 1 is 1.14 bits per heavy atom. The van der Waals surface area contributed by atoms with Crippen LogP contribution in [0.4, 0.5) is 0 Å². The van der Waals surface area contributed by atoms with Gasteiger partial charge in [-0.1, -0.05) is 43.7 Å². The van der Waals surface area contributed by atoms with E-state index in [4.69, 9.17) is 0 Å². The molecule has 0 spiro atoms. The van der Waals surface area contributed by atoms with Gasteiger partial charge in [-0.05, 0) is 36.0 Å². The fourth-order valence-electron chi connectivity index (χ4n) is 2.04. The zero-order valence-corrected chi connectivity index (χ0v) is 12.5. The number of hydrogen-bond donors (Lipinski definition) is 0. The molecule has 0 atom stereocenters. The van der Waals surface area contributed by atoms with E-state index in [0.717, 1.165) is 6.42 Å². The summed E-state index contributed by atoms with van der Waals surface area (Å²) >= 11 is 0. The van der Waals surface area contributed by atoms with Crippen molar-refractivity contribution >= 4 is 6.08 Å². The van der Waals surface area contributed by atoms with Crippen molar-refractivity contribution in [3.05, 3.63) is 40.5 Å². The SMILES string of the molecule is CCC1=Cc2c(CC)cccc2C1.[Hf]. The van der Waals surface area contributed by atoms with Crippen molar-refractivity contribution in [2.45, 2.75) is 33.1 Å². The van der Waals surface area contributed by atoms with E-state index in [1.807, 2.05) is 0 Å². The molecule has 0 bridgehead atoms. The minimum atomic E-state index is 0. The molecule has 1 aliphatic rings. The van der Waals surface area contributed by atoms with Crippen molar-refractivity contribution in [2.75, 3.05) is 0 Å². The molecule has 1 aliphatic carbocycles. The second-order valence-corrected chi connectivity index (χ2v) is 3.68. The molecule has 0 fully saturated rings. The van der Waals surface area contributed by atoms with Crippen molar-refractivity contribution in [1.82, 2.24) is 0 Å². The largest absolute Gasteiger partial charge is 0.0655 e. The van der Waals surface area contributed by atoms with Gasteiger partial charge in [-0.15, -0.1) is 0 Å². The van der Waals surface area contributed by atoms with Crippen molar-refractivity contribution in [2.24, 2.45) is 0 Å². The Bertz CT molecular complexity index is 350. The molecular formula is C13H16Hf. The summed E-state index contributed by atoms with van der Waals surface area (Å²) in [6, 6.07) is 6.69. The van der Waals surface area contributed by atoms with Crippen LogP contribution in [0.15, 0.2) is 23.8 Å². The Morgan fingerprint density at radius 3 is 2.57 bits per heavy atom. The van der Waals surface area contributed by atoms with E-state index in [2.05, 4.69) is 38.1 Å². The molecule has 0 unspecified atom stereocenters. The van der Waals surface area contributed by atoms with E-state index in [0.29, 0.717) is 0 Å². The third kappa shape index (κ3) is 2.08. The summed E-state index contributed by atoms with van der Waals surface area (Å²) in [5.41, 5.74) is 6.11. The van der Waals surface area contributed by atoms with Crippen LogP contribution >= 0.6 is 0 Å². The molecular weight excluding hydrogens is 335 g/mol. The molecule has 1 heteroatoms. The van der Waals surface area contributed by atoms with Crippen LogP contribution in [-0.4, -0.2) is 0 Å². The van der Waals surface area contributed by atoms with Gasteiger partial charge < -0.3 is 0 Å². The minimum absolute atomic E-state index is 0. The summed E-state index contributed by atoms with van der Waals surface area (Å²) in [5, 5.41) is 0. The Morgan fingerprint density at radius 2 is 1.93 bits per heavy atom. The van der Waals surface area contributed by atoms with Gasteiger partial charge in [0.05, 0.1) is 0 Å². The molecule has 72 valence electrons. The molecule has 0 N–H and O–H groups in total. The van der Waals surface area contributed by atoms with Crippen LogP contribution in [0.1, 0.15) is 37.0 Å². The first kappa shape index (κ1) is 11.9. The van der Waals surface area contributed by atoms with Crippen LogP contribution in [0, 0.1) is 0 Å². The van der Waals surface area contributed by atoms with Crippen LogP contribution in [0.25, 0.3) is 6.08 Å². The van der Waals surface area contributed by atoms with Gasteiger partial charge in [-0.3, -0.25) is 0 Å². The second kappa shape index (κ2) is 5.06. The number of aryl methyl sites for hydroxylation is 1. The Balaban J connectivity index is 0.000000980. The van der Waals surface area contributed by atoms with Crippen LogP contribution in [0.5, 0.6) is 0 Å². The third-order valence-electron chi connectivity index (χ3n) is 2.89. The molecule has 0 saturated heterocycles. The third-order valence-corrected chi connectivity index (χ3v) is 2.89. The summed E-state index contributed by atoms with van der Waals surface area (Å²) in [6.45, 7) is 4.47. The fraction of sp³-hybridized carbons (Fsp3) is 0.385. The molecule has 0 aliphatic heterocycles. The molecule has 0 saturated carbocycles. The molecule has 0 heterocycles. The maximum atomic E-state index is 2.38.